The van der Waals surface area contributed by atoms with E-state index in [1.807, 2.05) is 0 Å². The monoisotopic (exact) mass is 359 g/mol. The van der Waals surface area contributed by atoms with Crippen LogP contribution in [-0.2, 0) is 4.79 Å². The van der Waals surface area contributed by atoms with E-state index >= 15 is 0 Å². The van der Waals surface area contributed by atoms with Crippen molar-refractivity contribution in [3.05, 3.63) is 53.6 Å². The molecule has 0 aliphatic rings. The van der Waals surface area contributed by atoms with Gasteiger partial charge in [-0.05, 0) is 17.7 Å². The number of carbonyl (C=O) groups excluding carboxylic acids is 1. The summed E-state index contributed by atoms with van der Waals surface area (Å²) >= 11 is 0. The summed E-state index contributed by atoms with van der Waals surface area (Å²) in [6.07, 6.45) is 0. The topological polar surface area (TPSA) is 94.1 Å². The third-order valence-corrected chi connectivity index (χ3v) is 3.92. The minimum Gasteiger partial charge on any atom is -0.493 e. The lowest BCUT2D eigenvalue weighted by Gasteiger charge is -2.17. The number of hydrogen-bond acceptors (Lipinski definition) is 5. The molecule has 2 rings (SSSR count). The molecule has 1 unspecified atom stereocenters. The molecule has 7 nitrogen and oxygen atoms in total. The highest BCUT2D eigenvalue weighted by atomic mass is 16.5. The van der Waals surface area contributed by atoms with Gasteiger partial charge in [-0.1, -0.05) is 30.3 Å². The number of rotatable bonds is 8. The smallest absolute Gasteiger partial charge is 0.312 e. The molecule has 0 radical (unpaired) electrons. The van der Waals surface area contributed by atoms with Crippen LogP contribution in [0.25, 0.3) is 0 Å². The molecule has 0 aliphatic heterocycles. The Hall–Kier alpha value is -3.22. The highest BCUT2D eigenvalue weighted by Crippen LogP contribution is 2.39. The molecule has 26 heavy (non-hydrogen) atoms. The Morgan fingerprint density at radius 3 is 2.15 bits per heavy atom. The minimum absolute atomic E-state index is 0.0598. The summed E-state index contributed by atoms with van der Waals surface area (Å²) in [6.45, 7) is -0.0598. The Morgan fingerprint density at radius 2 is 1.62 bits per heavy atom. The van der Waals surface area contributed by atoms with Crippen molar-refractivity contribution in [2.45, 2.75) is 5.92 Å². The van der Waals surface area contributed by atoms with Gasteiger partial charge < -0.3 is 24.6 Å². The fourth-order valence-corrected chi connectivity index (χ4v) is 2.60. The van der Waals surface area contributed by atoms with E-state index < -0.39 is 17.8 Å². The largest absolute Gasteiger partial charge is 0.493 e. The van der Waals surface area contributed by atoms with Crippen molar-refractivity contribution < 1.29 is 28.9 Å². The standard InChI is InChI=1S/C19H21NO6/c1-24-15-10-9-13(16(25-2)17(15)26-3)18(21)20-11-14(19(22)23)12-7-5-4-6-8-12/h4-10,14H,11H2,1-3H3,(H,20,21)(H,22,23). The molecule has 138 valence electrons. The molecule has 0 fully saturated rings. The number of hydrogen-bond donors (Lipinski definition) is 2. The molecule has 0 heterocycles. The molecule has 2 N–H and O–H groups in total. The number of nitrogens with one attached hydrogen (secondary N) is 1. The molecule has 2 aromatic rings. The molecule has 7 heteroatoms. The van der Waals surface area contributed by atoms with Crippen LogP contribution in [0.4, 0.5) is 0 Å². The number of ether oxygens (including phenoxy) is 3. The zero-order valence-corrected chi connectivity index (χ0v) is 14.8. The van der Waals surface area contributed by atoms with E-state index in [1.54, 1.807) is 36.4 Å². The molecule has 0 spiro atoms. The fraction of sp³-hybridized carbons (Fsp3) is 0.263. The van der Waals surface area contributed by atoms with E-state index in [2.05, 4.69) is 5.32 Å². The summed E-state index contributed by atoms with van der Waals surface area (Å²) in [5, 5.41) is 12.1. The van der Waals surface area contributed by atoms with E-state index in [0.29, 0.717) is 17.1 Å². The summed E-state index contributed by atoms with van der Waals surface area (Å²) in [4.78, 5) is 24.1. The van der Waals surface area contributed by atoms with Crippen LogP contribution >= 0.6 is 0 Å². The van der Waals surface area contributed by atoms with E-state index in [4.69, 9.17) is 14.2 Å². The second-order valence-corrected chi connectivity index (χ2v) is 5.39. The maximum Gasteiger partial charge on any atom is 0.312 e. The van der Waals surface area contributed by atoms with Gasteiger partial charge in [0.15, 0.2) is 11.5 Å². The molecular weight excluding hydrogens is 338 g/mol. The Labute approximate surface area is 151 Å². The summed E-state index contributed by atoms with van der Waals surface area (Å²) in [5.41, 5.74) is 0.835. The van der Waals surface area contributed by atoms with Gasteiger partial charge in [-0.15, -0.1) is 0 Å². The number of methoxy groups -OCH3 is 3. The normalized spacial score (nSPS) is 11.3. The molecule has 1 atom stereocenters. The summed E-state index contributed by atoms with van der Waals surface area (Å²) in [6, 6.07) is 11.9. The molecule has 0 saturated carbocycles. The first kappa shape index (κ1) is 19.1. The van der Waals surface area contributed by atoms with Crippen molar-refractivity contribution in [2.75, 3.05) is 27.9 Å². The van der Waals surface area contributed by atoms with E-state index in [9.17, 15) is 14.7 Å². The Morgan fingerprint density at radius 1 is 0.962 bits per heavy atom. The van der Waals surface area contributed by atoms with Crippen LogP contribution in [0, 0.1) is 0 Å². The second kappa shape index (κ2) is 8.75. The van der Waals surface area contributed by atoms with Gasteiger partial charge in [0.25, 0.3) is 5.91 Å². The Kier molecular flexibility index (Phi) is 6.43. The first-order chi connectivity index (χ1) is 12.5. The lowest BCUT2D eigenvalue weighted by molar-refractivity contribution is -0.138. The van der Waals surface area contributed by atoms with Gasteiger partial charge in [-0.2, -0.15) is 0 Å². The number of carboxylic acid groups (broad SMARTS) is 1. The number of amides is 1. The summed E-state index contributed by atoms with van der Waals surface area (Å²) in [7, 11) is 4.34. The van der Waals surface area contributed by atoms with Crippen LogP contribution in [0.15, 0.2) is 42.5 Å². The van der Waals surface area contributed by atoms with Crippen molar-refractivity contribution >= 4 is 11.9 Å². The lowest BCUT2D eigenvalue weighted by Crippen LogP contribution is -2.32. The van der Waals surface area contributed by atoms with Crippen LogP contribution in [0.1, 0.15) is 21.8 Å². The highest BCUT2D eigenvalue weighted by Gasteiger charge is 2.24. The van der Waals surface area contributed by atoms with E-state index in [0.717, 1.165) is 0 Å². The average molecular weight is 359 g/mol. The molecule has 0 aliphatic carbocycles. The molecule has 2 aromatic carbocycles. The van der Waals surface area contributed by atoms with E-state index in [-0.39, 0.29) is 17.9 Å². The molecular formula is C19H21NO6. The third-order valence-electron chi connectivity index (χ3n) is 3.92. The van der Waals surface area contributed by atoms with Gasteiger partial charge in [0.1, 0.15) is 0 Å². The molecule has 0 saturated heterocycles. The van der Waals surface area contributed by atoms with E-state index in [1.165, 1.54) is 27.4 Å². The van der Waals surface area contributed by atoms with Crippen LogP contribution in [-0.4, -0.2) is 44.9 Å². The van der Waals surface area contributed by atoms with Gasteiger partial charge >= 0.3 is 5.97 Å². The average Bonchev–Trinajstić information content (AvgIpc) is 2.67. The third kappa shape index (κ3) is 4.05. The van der Waals surface area contributed by atoms with Crippen molar-refractivity contribution in [1.29, 1.82) is 0 Å². The first-order valence-electron chi connectivity index (χ1n) is 7.88. The predicted molar refractivity (Wildman–Crippen MR) is 95.3 cm³/mol. The maximum absolute atomic E-state index is 12.6. The molecule has 1 amide bonds. The van der Waals surface area contributed by atoms with Gasteiger partial charge in [0.2, 0.25) is 5.75 Å². The van der Waals surface area contributed by atoms with Crippen molar-refractivity contribution in [3.63, 3.8) is 0 Å². The van der Waals surface area contributed by atoms with Crippen LogP contribution in [0.2, 0.25) is 0 Å². The van der Waals surface area contributed by atoms with Crippen LogP contribution < -0.4 is 19.5 Å². The van der Waals surface area contributed by atoms with Gasteiger partial charge in [-0.25, -0.2) is 0 Å². The van der Waals surface area contributed by atoms with Gasteiger partial charge in [0, 0.05) is 6.54 Å². The van der Waals surface area contributed by atoms with Crippen molar-refractivity contribution in [2.24, 2.45) is 0 Å². The first-order valence-corrected chi connectivity index (χ1v) is 7.88. The zero-order valence-electron chi connectivity index (χ0n) is 14.8. The minimum atomic E-state index is -1.02. The Balaban J connectivity index is 2.23. The van der Waals surface area contributed by atoms with Crippen LogP contribution in [0.5, 0.6) is 17.2 Å². The van der Waals surface area contributed by atoms with Crippen molar-refractivity contribution in [1.82, 2.24) is 5.32 Å². The molecule has 0 bridgehead atoms. The quantitative estimate of drug-likeness (QED) is 0.751. The summed E-state index contributed by atoms with van der Waals surface area (Å²) in [5.74, 6) is -1.41. The second-order valence-electron chi connectivity index (χ2n) is 5.39. The van der Waals surface area contributed by atoms with Gasteiger partial charge in [-0.3, -0.25) is 9.59 Å². The zero-order chi connectivity index (χ0) is 19.1. The number of benzene rings is 2. The number of aliphatic carboxylic acids is 1. The number of carboxylic acids is 1. The molecule has 0 aromatic heterocycles. The lowest BCUT2D eigenvalue weighted by atomic mass is 9.99. The highest BCUT2D eigenvalue weighted by molar-refractivity contribution is 5.98. The predicted octanol–water partition coefficient (Wildman–Crippen LogP) is 2.31. The Bertz CT molecular complexity index is 775. The SMILES string of the molecule is COc1ccc(C(=O)NCC(C(=O)O)c2ccccc2)c(OC)c1OC. The summed E-state index contributed by atoms with van der Waals surface area (Å²) < 4.78 is 15.7. The van der Waals surface area contributed by atoms with Gasteiger partial charge in [0.05, 0.1) is 32.8 Å². The number of carbonyl (C=O) groups is 2. The van der Waals surface area contributed by atoms with Crippen LogP contribution in [0.3, 0.4) is 0 Å². The fourth-order valence-electron chi connectivity index (χ4n) is 2.60. The van der Waals surface area contributed by atoms with Crippen molar-refractivity contribution in [3.8, 4) is 17.2 Å². The maximum atomic E-state index is 12.6.